The number of ether oxygens (including phenoxy) is 1. The summed E-state index contributed by atoms with van der Waals surface area (Å²) in [4.78, 5) is 29.9. The number of hydrogen-bond acceptors (Lipinski definition) is 6. The van der Waals surface area contributed by atoms with E-state index in [9.17, 15) is 9.59 Å². The molecule has 7 heteroatoms. The fourth-order valence-electron chi connectivity index (χ4n) is 3.77. The van der Waals surface area contributed by atoms with Gasteiger partial charge in [-0.3, -0.25) is 9.69 Å². The van der Waals surface area contributed by atoms with Crippen molar-refractivity contribution in [3.05, 3.63) is 41.3 Å². The van der Waals surface area contributed by atoms with Crippen LogP contribution in [0.1, 0.15) is 54.4 Å². The molecule has 1 aromatic carbocycles. The number of carbonyl (C=O) groups excluding carboxylic acids is 2. The van der Waals surface area contributed by atoms with E-state index in [2.05, 4.69) is 10.2 Å². The van der Waals surface area contributed by atoms with Crippen molar-refractivity contribution in [2.24, 2.45) is 0 Å². The Morgan fingerprint density at radius 2 is 2.03 bits per heavy atom. The topological polar surface area (TPSA) is 84.7 Å². The molecule has 2 heterocycles. The van der Waals surface area contributed by atoms with E-state index in [1.807, 2.05) is 19.1 Å². The predicted molar refractivity (Wildman–Crippen MR) is 109 cm³/mol. The quantitative estimate of drug-likeness (QED) is 0.719. The summed E-state index contributed by atoms with van der Waals surface area (Å²) in [7, 11) is 1.37. The van der Waals surface area contributed by atoms with Crippen LogP contribution in [-0.2, 0) is 16.1 Å². The van der Waals surface area contributed by atoms with Gasteiger partial charge >= 0.3 is 5.97 Å². The number of benzene rings is 1. The molecule has 0 spiro atoms. The lowest BCUT2D eigenvalue weighted by Crippen LogP contribution is -2.41. The molecule has 156 valence electrons. The van der Waals surface area contributed by atoms with Gasteiger partial charge in [0.25, 0.3) is 0 Å². The van der Waals surface area contributed by atoms with Crippen LogP contribution in [0.25, 0.3) is 11.5 Å². The number of piperidine rings is 1. The van der Waals surface area contributed by atoms with Crippen LogP contribution >= 0.6 is 0 Å². The zero-order valence-corrected chi connectivity index (χ0v) is 17.4. The Balaban J connectivity index is 1.69. The molecule has 1 aliphatic heterocycles. The molecule has 0 saturated carbocycles. The summed E-state index contributed by atoms with van der Waals surface area (Å²) >= 11 is 0. The van der Waals surface area contributed by atoms with Gasteiger partial charge in [-0.2, -0.15) is 0 Å². The van der Waals surface area contributed by atoms with Gasteiger partial charge in [0.2, 0.25) is 11.8 Å². The number of hydrogen-bond donors (Lipinski definition) is 1. The molecule has 1 amide bonds. The van der Waals surface area contributed by atoms with Crippen LogP contribution in [0.4, 0.5) is 0 Å². The molecule has 0 aliphatic carbocycles. The first-order chi connectivity index (χ1) is 14.0. The first kappa shape index (κ1) is 21.0. The molecule has 1 saturated heterocycles. The standard InChI is InChI=1S/C22H29N3O4/c1-15-20(14-25-13-5-4-6-19(25)11-12-23-16(2)26)24-21(29-15)17-7-9-18(10-8-17)22(27)28-3/h7-10,19H,4-6,11-14H2,1-3H3,(H,23,26)/t19-/m1/s1. The molecule has 1 N–H and O–H groups in total. The van der Waals surface area contributed by atoms with Gasteiger partial charge in [0.05, 0.1) is 18.4 Å². The zero-order valence-electron chi connectivity index (χ0n) is 17.4. The minimum absolute atomic E-state index is 0.0163. The molecule has 7 nitrogen and oxygen atoms in total. The average molecular weight is 399 g/mol. The highest BCUT2D eigenvalue weighted by Gasteiger charge is 2.24. The summed E-state index contributed by atoms with van der Waals surface area (Å²) in [6.07, 6.45) is 4.48. The number of esters is 1. The Kier molecular flexibility index (Phi) is 7.04. The maximum Gasteiger partial charge on any atom is 0.337 e. The van der Waals surface area contributed by atoms with Crippen LogP contribution in [0, 0.1) is 6.92 Å². The van der Waals surface area contributed by atoms with Gasteiger partial charge < -0.3 is 14.5 Å². The van der Waals surface area contributed by atoms with Crippen molar-refractivity contribution in [2.45, 2.75) is 52.1 Å². The van der Waals surface area contributed by atoms with Gasteiger partial charge in [0.1, 0.15) is 5.76 Å². The Labute approximate surface area is 171 Å². The maximum atomic E-state index is 11.6. The summed E-state index contributed by atoms with van der Waals surface area (Å²) in [5.41, 5.74) is 2.26. The average Bonchev–Trinajstić information content (AvgIpc) is 3.09. The van der Waals surface area contributed by atoms with Crippen LogP contribution in [0.5, 0.6) is 0 Å². The third-order valence-electron chi connectivity index (χ3n) is 5.40. The second kappa shape index (κ2) is 9.69. The highest BCUT2D eigenvalue weighted by molar-refractivity contribution is 5.89. The van der Waals surface area contributed by atoms with Gasteiger partial charge in [-0.1, -0.05) is 6.42 Å². The number of nitrogens with zero attached hydrogens (tertiary/aromatic N) is 2. The van der Waals surface area contributed by atoms with Gasteiger partial charge in [-0.05, 0) is 57.0 Å². The number of methoxy groups -OCH3 is 1. The summed E-state index contributed by atoms with van der Waals surface area (Å²) in [6.45, 7) is 5.95. The molecule has 1 fully saturated rings. The Hall–Kier alpha value is -2.67. The number of likely N-dealkylation sites (tertiary alicyclic amines) is 1. The van der Waals surface area contributed by atoms with Crippen LogP contribution in [-0.4, -0.2) is 48.0 Å². The Morgan fingerprint density at radius 1 is 1.28 bits per heavy atom. The first-order valence-electron chi connectivity index (χ1n) is 10.1. The van der Waals surface area contributed by atoms with E-state index in [-0.39, 0.29) is 11.9 Å². The highest BCUT2D eigenvalue weighted by atomic mass is 16.5. The molecule has 3 rings (SSSR count). The summed E-state index contributed by atoms with van der Waals surface area (Å²) in [6, 6.07) is 7.50. The van der Waals surface area contributed by atoms with Crippen molar-refractivity contribution in [3.8, 4) is 11.5 Å². The second-order valence-corrected chi connectivity index (χ2v) is 7.48. The second-order valence-electron chi connectivity index (χ2n) is 7.48. The molecule has 0 radical (unpaired) electrons. The van der Waals surface area contributed by atoms with E-state index in [0.29, 0.717) is 24.0 Å². The molecular weight excluding hydrogens is 370 g/mol. The monoisotopic (exact) mass is 399 g/mol. The number of nitrogens with one attached hydrogen (secondary N) is 1. The van der Waals surface area contributed by atoms with E-state index in [1.54, 1.807) is 19.1 Å². The number of rotatable bonds is 7. The largest absolute Gasteiger partial charge is 0.465 e. The molecule has 1 aromatic heterocycles. The van der Waals surface area contributed by atoms with Gasteiger partial charge in [0, 0.05) is 31.6 Å². The van der Waals surface area contributed by atoms with Crippen LogP contribution in [0.15, 0.2) is 28.7 Å². The number of amides is 1. The fourth-order valence-corrected chi connectivity index (χ4v) is 3.77. The molecule has 0 bridgehead atoms. The van der Waals surface area contributed by atoms with Gasteiger partial charge in [0.15, 0.2) is 0 Å². The van der Waals surface area contributed by atoms with E-state index >= 15 is 0 Å². The summed E-state index contributed by atoms with van der Waals surface area (Å²) < 4.78 is 10.6. The molecule has 1 aliphatic rings. The number of aryl methyl sites for hydroxylation is 1. The summed E-state index contributed by atoms with van der Waals surface area (Å²) in [5, 5.41) is 2.90. The van der Waals surface area contributed by atoms with E-state index in [1.165, 1.54) is 20.0 Å². The molecule has 2 aromatic rings. The predicted octanol–water partition coefficient (Wildman–Crippen LogP) is 3.32. The number of oxazole rings is 1. The zero-order chi connectivity index (χ0) is 20.8. The highest BCUT2D eigenvalue weighted by Crippen LogP contribution is 2.26. The minimum Gasteiger partial charge on any atom is -0.465 e. The van der Waals surface area contributed by atoms with Crippen molar-refractivity contribution < 1.29 is 18.7 Å². The van der Waals surface area contributed by atoms with E-state index in [4.69, 9.17) is 14.1 Å². The maximum absolute atomic E-state index is 11.6. The Bertz CT molecular complexity index is 844. The van der Waals surface area contributed by atoms with Gasteiger partial charge in [-0.25, -0.2) is 9.78 Å². The summed E-state index contributed by atoms with van der Waals surface area (Å²) in [5.74, 6) is 1.02. The number of aromatic nitrogens is 1. The van der Waals surface area contributed by atoms with Crippen LogP contribution < -0.4 is 5.32 Å². The van der Waals surface area contributed by atoms with E-state index < -0.39 is 0 Å². The number of carbonyl (C=O) groups is 2. The third-order valence-corrected chi connectivity index (χ3v) is 5.40. The van der Waals surface area contributed by atoms with Crippen LogP contribution in [0.2, 0.25) is 0 Å². The van der Waals surface area contributed by atoms with Crippen molar-refractivity contribution in [3.63, 3.8) is 0 Å². The van der Waals surface area contributed by atoms with Crippen molar-refractivity contribution >= 4 is 11.9 Å². The SMILES string of the molecule is COC(=O)c1ccc(-c2nc(CN3CCCC[C@@H]3CCNC(C)=O)c(C)o2)cc1. The molecule has 29 heavy (non-hydrogen) atoms. The smallest absolute Gasteiger partial charge is 0.337 e. The molecule has 1 atom stereocenters. The minimum atomic E-state index is -0.365. The van der Waals surface area contributed by atoms with Crippen molar-refractivity contribution in [1.82, 2.24) is 15.2 Å². The lowest BCUT2D eigenvalue weighted by molar-refractivity contribution is -0.119. The van der Waals surface area contributed by atoms with Gasteiger partial charge in [-0.15, -0.1) is 0 Å². The van der Waals surface area contributed by atoms with Crippen molar-refractivity contribution in [2.75, 3.05) is 20.2 Å². The normalized spacial score (nSPS) is 17.1. The van der Waals surface area contributed by atoms with Crippen molar-refractivity contribution in [1.29, 1.82) is 0 Å². The molecule has 0 unspecified atom stereocenters. The third kappa shape index (κ3) is 5.44. The first-order valence-corrected chi connectivity index (χ1v) is 10.1. The lowest BCUT2D eigenvalue weighted by atomic mass is 9.99. The molecular formula is C22H29N3O4. The Morgan fingerprint density at radius 3 is 2.72 bits per heavy atom. The fraction of sp³-hybridized carbons (Fsp3) is 0.500. The van der Waals surface area contributed by atoms with E-state index in [0.717, 1.165) is 42.9 Å². The van der Waals surface area contributed by atoms with Crippen LogP contribution in [0.3, 0.4) is 0 Å². The lowest BCUT2D eigenvalue weighted by Gasteiger charge is -2.35.